The molecule has 2 bridgehead atoms. The number of pyridine rings is 1. The van der Waals surface area contributed by atoms with Gasteiger partial charge in [0, 0.05) is 25.5 Å². The molecule has 1 aromatic rings. The quantitative estimate of drug-likeness (QED) is 0.879. The van der Waals surface area contributed by atoms with E-state index in [1.54, 1.807) is 19.3 Å². The van der Waals surface area contributed by atoms with Crippen molar-refractivity contribution in [2.24, 2.45) is 11.8 Å². The lowest BCUT2D eigenvalue weighted by Crippen LogP contribution is -2.38. The molecule has 0 saturated heterocycles. The van der Waals surface area contributed by atoms with Gasteiger partial charge in [0.15, 0.2) is 0 Å². The maximum Gasteiger partial charge on any atom is 0.244 e. The predicted molar refractivity (Wildman–Crippen MR) is 73.3 cm³/mol. The molecule has 3 atom stereocenters. The van der Waals surface area contributed by atoms with Crippen LogP contribution in [0, 0.1) is 11.8 Å². The van der Waals surface area contributed by atoms with Crippen molar-refractivity contribution in [2.45, 2.75) is 36.6 Å². The third-order valence-electron chi connectivity index (χ3n) is 4.39. The second-order valence-corrected chi connectivity index (χ2v) is 7.21. The van der Waals surface area contributed by atoms with Crippen LogP contribution in [0.25, 0.3) is 0 Å². The topological polar surface area (TPSA) is 71.1 Å². The van der Waals surface area contributed by atoms with Gasteiger partial charge in [0.2, 0.25) is 10.0 Å². The lowest BCUT2D eigenvalue weighted by Gasteiger charge is -2.23. The molecule has 0 spiro atoms. The lowest BCUT2D eigenvalue weighted by atomic mass is 9.96. The minimum Gasteiger partial charge on any atom is -0.387 e. The van der Waals surface area contributed by atoms with Gasteiger partial charge in [-0.1, -0.05) is 6.42 Å². The van der Waals surface area contributed by atoms with Crippen LogP contribution in [0.4, 0.5) is 5.69 Å². The van der Waals surface area contributed by atoms with E-state index in [0.717, 1.165) is 18.8 Å². The second kappa shape index (κ2) is 4.76. The number of nitrogens with one attached hydrogen (secondary N) is 2. The number of rotatable bonds is 4. The monoisotopic (exact) mass is 281 g/mol. The minimum atomic E-state index is -3.48. The highest BCUT2D eigenvalue weighted by Gasteiger charge is 2.41. The van der Waals surface area contributed by atoms with Crippen LogP contribution in [0.15, 0.2) is 23.4 Å². The fourth-order valence-corrected chi connectivity index (χ4v) is 4.93. The molecule has 1 heterocycles. The van der Waals surface area contributed by atoms with Gasteiger partial charge in [-0.15, -0.1) is 0 Å². The molecular weight excluding hydrogens is 262 g/mol. The molecule has 0 amide bonds. The van der Waals surface area contributed by atoms with Crippen LogP contribution in [0.1, 0.15) is 25.7 Å². The van der Waals surface area contributed by atoms with Gasteiger partial charge in [-0.2, -0.15) is 0 Å². The summed E-state index contributed by atoms with van der Waals surface area (Å²) >= 11 is 0. The highest BCUT2D eigenvalue weighted by Crippen LogP contribution is 2.44. The minimum absolute atomic E-state index is 0.105. The van der Waals surface area contributed by atoms with Gasteiger partial charge in [0.05, 0.1) is 5.69 Å². The van der Waals surface area contributed by atoms with Crippen LogP contribution in [0.5, 0.6) is 0 Å². The van der Waals surface area contributed by atoms with E-state index in [1.807, 2.05) is 0 Å². The molecule has 6 heteroatoms. The number of hydrogen-bond donors (Lipinski definition) is 2. The Balaban J connectivity index is 1.83. The summed E-state index contributed by atoms with van der Waals surface area (Å²) in [6, 6.07) is 1.78. The molecule has 3 rings (SSSR count). The number of nitrogens with zero attached hydrogens (tertiary/aromatic N) is 1. The molecule has 2 fully saturated rings. The number of hydrogen-bond acceptors (Lipinski definition) is 4. The molecule has 104 valence electrons. The van der Waals surface area contributed by atoms with Crippen molar-refractivity contribution in [1.29, 1.82) is 0 Å². The number of fused-ring (bicyclic) bond motifs is 2. The van der Waals surface area contributed by atoms with Crippen molar-refractivity contribution < 1.29 is 8.42 Å². The zero-order chi connectivity index (χ0) is 13.5. The first kappa shape index (κ1) is 12.9. The summed E-state index contributed by atoms with van der Waals surface area (Å²) in [6.45, 7) is 0. The van der Waals surface area contributed by atoms with Crippen molar-refractivity contribution in [1.82, 2.24) is 9.71 Å². The molecule has 0 aromatic carbocycles. The zero-order valence-electron chi connectivity index (χ0n) is 11.0. The summed E-state index contributed by atoms with van der Waals surface area (Å²) in [4.78, 5) is 4.16. The summed E-state index contributed by atoms with van der Waals surface area (Å²) in [5, 5.41) is 2.90. The Morgan fingerprint density at radius 2 is 2.16 bits per heavy atom. The molecule has 2 N–H and O–H groups in total. The first-order chi connectivity index (χ1) is 9.10. The van der Waals surface area contributed by atoms with Gasteiger partial charge in [-0.05, 0) is 37.2 Å². The van der Waals surface area contributed by atoms with E-state index in [2.05, 4.69) is 15.0 Å². The van der Waals surface area contributed by atoms with Crippen LogP contribution in [-0.2, 0) is 10.0 Å². The Kier molecular flexibility index (Phi) is 3.22. The van der Waals surface area contributed by atoms with Crippen molar-refractivity contribution in [3.63, 3.8) is 0 Å². The Labute approximate surface area is 113 Å². The SMILES string of the molecule is CNc1ccncc1S(=O)(=O)NC1CC2CCC1C2. The Bertz CT molecular complexity index is 573. The molecule has 3 unspecified atom stereocenters. The van der Waals surface area contributed by atoms with Crippen LogP contribution in [-0.4, -0.2) is 26.5 Å². The van der Waals surface area contributed by atoms with Gasteiger partial charge in [0.1, 0.15) is 4.90 Å². The van der Waals surface area contributed by atoms with Crippen molar-refractivity contribution in [2.75, 3.05) is 12.4 Å². The first-order valence-electron chi connectivity index (χ1n) is 6.74. The predicted octanol–water partition coefficient (Wildman–Crippen LogP) is 1.59. The fraction of sp³-hybridized carbons (Fsp3) is 0.615. The average molecular weight is 281 g/mol. The van der Waals surface area contributed by atoms with E-state index in [-0.39, 0.29) is 10.9 Å². The van der Waals surface area contributed by atoms with E-state index < -0.39 is 10.0 Å². The molecule has 2 aliphatic rings. The van der Waals surface area contributed by atoms with Crippen LogP contribution >= 0.6 is 0 Å². The lowest BCUT2D eigenvalue weighted by molar-refractivity contribution is 0.390. The van der Waals surface area contributed by atoms with Gasteiger partial charge >= 0.3 is 0 Å². The van der Waals surface area contributed by atoms with Gasteiger partial charge in [-0.25, -0.2) is 13.1 Å². The van der Waals surface area contributed by atoms with Crippen LogP contribution in [0.3, 0.4) is 0 Å². The van der Waals surface area contributed by atoms with E-state index >= 15 is 0 Å². The standard InChI is InChI=1S/C13H19N3O2S/c1-14-11-4-5-15-8-13(11)19(17,18)16-12-7-9-2-3-10(12)6-9/h4-5,8-10,12,16H,2-3,6-7H2,1H3,(H,14,15). The largest absolute Gasteiger partial charge is 0.387 e. The van der Waals surface area contributed by atoms with Gasteiger partial charge < -0.3 is 5.32 Å². The van der Waals surface area contributed by atoms with Crippen LogP contribution in [0.2, 0.25) is 0 Å². The number of aromatic nitrogens is 1. The van der Waals surface area contributed by atoms with Crippen LogP contribution < -0.4 is 10.0 Å². The summed E-state index contributed by atoms with van der Waals surface area (Å²) in [5.74, 6) is 1.24. The van der Waals surface area contributed by atoms with E-state index in [0.29, 0.717) is 11.6 Å². The smallest absolute Gasteiger partial charge is 0.244 e. The molecule has 0 aliphatic heterocycles. The van der Waals surface area contributed by atoms with Crippen molar-refractivity contribution in [3.05, 3.63) is 18.5 Å². The number of anilines is 1. The normalized spacial score (nSPS) is 29.6. The Morgan fingerprint density at radius 3 is 2.79 bits per heavy atom. The molecular formula is C13H19N3O2S. The summed E-state index contributed by atoms with van der Waals surface area (Å²) in [6.07, 6.45) is 7.57. The molecule has 19 heavy (non-hydrogen) atoms. The highest BCUT2D eigenvalue weighted by molar-refractivity contribution is 7.89. The molecule has 2 saturated carbocycles. The average Bonchev–Trinajstić information content (AvgIpc) is 3.00. The van der Waals surface area contributed by atoms with E-state index in [9.17, 15) is 8.42 Å². The Hall–Kier alpha value is -1.14. The van der Waals surface area contributed by atoms with Crippen molar-refractivity contribution in [3.8, 4) is 0 Å². The van der Waals surface area contributed by atoms with E-state index in [4.69, 9.17) is 0 Å². The van der Waals surface area contributed by atoms with Gasteiger partial charge in [0.25, 0.3) is 0 Å². The Morgan fingerprint density at radius 1 is 1.32 bits per heavy atom. The molecule has 1 aromatic heterocycles. The summed E-state index contributed by atoms with van der Waals surface area (Å²) < 4.78 is 27.8. The maximum atomic E-state index is 12.5. The highest BCUT2D eigenvalue weighted by atomic mass is 32.2. The van der Waals surface area contributed by atoms with Gasteiger partial charge in [-0.3, -0.25) is 4.98 Å². The summed E-state index contributed by atoms with van der Waals surface area (Å²) in [7, 11) is -1.77. The molecule has 2 aliphatic carbocycles. The van der Waals surface area contributed by atoms with E-state index in [1.165, 1.54) is 19.0 Å². The summed E-state index contributed by atoms with van der Waals surface area (Å²) in [5.41, 5.74) is 0.589. The molecule has 0 radical (unpaired) electrons. The third-order valence-corrected chi connectivity index (χ3v) is 5.91. The van der Waals surface area contributed by atoms with Crippen molar-refractivity contribution >= 4 is 15.7 Å². The third kappa shape index (κ3) is 2.34. The molecule has 5 nitrogen and oxygen atoms in total. The second-order valence-electron chi connectivity index (χ2n) is 5.52. The first-order valence-corrected chi connectivity index (χ1v) is 8.22. The number of sulfonamides is 1. The zero-order valence-corrected chi connectivity index (χ0v) is 11.8. The maximum absolute atomic E-state index is 12.5. The fourth-order valence-electron chi connectivity index (χ4n) is 3.45.